The molecule has 1 saturated heterocycles. The fourth-order valence-corrected chi connectivity index (χ4v) is 4.17. The number of carbonyl (C=O) groups excluding carboxylic acids is 1. The minimum absolute atomic E-state index is 0. The quantitative estimate of drug-likeness (QED) is 0.907. The van der Waals surface area contributed by atoms with Crippen molar-refractivity contribution in [3.63, 3.8) is 0 Å². The highest BCUT2D eigenvalue weighted by Gasteiger charge is 2.69. The molecule has 5 heteroatoms. The van der Waals surface area contributed by atoms with Gasteiger partial charge in [-0.3, -0.25) is 4.79 Å². The van der Waals surface area contributed by atoms with Gasteiger partial charge < -0.3 is 15.0 Å². The summed E-state index contributed by atoms with van der Waals surface area (Å²) < 4.78 is 5.52. The molecule has 1 saturated carbocycles. The van der Waals surface area contributed by atoms with E-state index in [9.17, 15) is 4.79 Å². The largest absolute Gasteiger partial charge is 0.496 e. The Morgan fingerprint density at radius 2 is 1.83 bits per heavy atom. The van der Waals surface area contributed by atoms with Gasteiger partial charge >= 0.3 is 0 Å². The zero-order chi connectivity index (χ0) is 16.8. The van der Waals surface area contributed by atoms with Crippen LogP contribution in [-0.4, -0.2) is 37.6 Å². The van der Waals surface area contributed by atoms with E-state index >= 15 is 0 Å². The van der Waals surface area contributed by atoms with E-state index in [4.69, 9.17) is 4.74 Å². The predicted octanol–water partition coefficient (Wildman–Crippen LogP) is 3.27. The summed E-state index contributed by atoms with van der Waals surface area (Å²) in [5.74, 6) is 1.25. The summed E-state index contributed by atoms with van der Waals surface area (Å²) >= 11 is 0. The summed E-state index contributed by atoms with van der Waals surface area (Å²) in [4.78, 5) is 15.3. The lowest BCUT2D eigenvalue weighted by atomic mass is 10.0. The second kappa shape index (κ2) is 6.57. The molecule has 24 heavy (non-hydrogen) atoms. The number of methoxy groups -OCH3 is 1. The van der Waals surface area contributed by atoms with Crippen molar-refractivity contribution < 1.29 is 9.53 Å². The molecule has 1 atom stereocenters. The van der Waals surface area contributed by atoms with Gasteiger partial charge in [-0.2, -0.15) is 0 Å². The fourth-order valence-electron chi connectivity index (χ4n) is 4.17. The van der Waals surface area contributed by atoms with Crippen molar-refractivity contribution >= 4 is 18.3 Å². The molecule has 1 N–H and O–H groups in total. The molecule has 1 heterocycles. The van der Waals surface area contributed by atoms with E-state index in [1.54, 1.807) is 7.11 Å². The van der Waals surface area contributed by atoms with E-state index in [1.807, 2.05) is 18.2 Å². The van der Waals surface area contributed by atoms with E-state index in [0.29, 0.717) is 0 Å². The van der Waals surface area contributed by atoms with Crippen molar-refractivity contribution in [3.05, 3.63) is 29.8 Å². The number of hydrogen-bond acceptors (Lipinski definition) is 3. The van der Waals surface area contributed by atoms with E-state index in [-0.39, 0.29) is 41.1 Å². The summed E-state index contributed by atoms with van der Waals surface area (Å²) in [6, 6.07) is 8.06. The molecule has 0 bridgehead atoms. The average Bonchev–Trinajstić information content (AvgIpc) is 2.96. The zero-order valence-corrected chi connectivity index (χ0v) is 16.1. The molecule has 1 aliphatic heterocycles. The lowest BCUT2D eigenvalue weighted by molar-refractivity contribution is -0.137. The summed E-state index contributed by atoms with van der Waals surface area (Å²) in [7, 11) is 1.69. The Morgan fingerprint density at radius 3 is 2.42 bits per heavy atom. The van der Waals surface area contributed by atoms with Crippen LogP contribution in [0, 0.1) is 16.7 Å². The number of nitrogens with one attached hydrogen (secondary N) is 1. The molecule has 1 aromatic carbocycles. The van der Waals surface area contributed by atoms with E-state index in [2.05, 4.69) is 44.0 Å². The van der Waals surface area contributed by atoms with Gasteiger partial charge in [0.2, 0.25) is 5.91 Å². The number of carbonyl (C=O) groups is 1. The summed E-state index contributed by atoms with van der Waals surface area (Å²) in [5.41, 5.74) is 1.23. The van der Waals surface area contributed by atoms with Gasteiger partial charge in [0.15, 0.2) is 0 Å². The van der Waals surface area contributed by atoms with Crippen LogP contribution in [0.5, 0.6) is 5.75 Å². The molecule has 1 unspecified atom stereocenters. The van der Waals surface area contributed by atoms with Crippen molar-refractivity contribution in [1.29, 1.82) is 0 Å². The number of ether oxygens (including phenoxy) is 1. The zero-order valence-electron chi connectivity index (χ0n) is 15.3. The normalized spacial score (nSPS) is 24.9. The van der Waals surface area contributed by atoms with Gasteiger partial charge in [-0.25, -0.2) is 0 Å². The number of piperazine rings is 1. The van der Waals surface area contributed by atoms with Gasteiger partial charge in [-0.15, -0.1) is 12.4 Å². The highest BCUT2D eigenvalue weighted by molar-refractivity contribution is 5.85. The van der Waals surface area contributed by atoms with Gasteiger partial charge in [0.05, 0.1) is 13.2 Å². The first-order chi connectivity index (χ1) is 10.8. The van der Waals surface area contributed by atoms with Gasteiger partial charge in [0.25, 0.3) is 0 Å². The van der Waals surface area contributed by atoms with E-state index < -0.39 is 0 Å². The van der Waals surface area contributed by atoms with E-state index in [0.717, 1.165) is 30.9 Å². The van der Waals surface area contributed by atoms with Crippen LogP contribution in [-0.2, 0) is 4.79 Å². The molecule has 134 valence electrons. The highest BCUT2D eigenvalue weighted by Crippen LogP contribution is 2.69. The van der Waals surface area contributed by atoms with Crippen molar-refractivity contribution in [2.24, 2.45) is 16.7 Å². The second-order valence-corrected chi connectivity index (χ2v) is 7.87. The molecule has 4 nitrogen and oxygen atoms in total. The lowest BCUT2D eigenvalue weighted by Crippen LogP contribution is -2.49. The van der Waals surface area contributed by atoms with Crippen LogP contribution in [0.2, 0.25) is 0 Å². The Morgan fingerprint density at radius 1 is 1.21 bits per heavy atom. The molecule has 0 spiro atoms. The average molecular weight is 353 g/mol. The van der Waals surface area contributed by atoms with Gasteiger partial charge in [-0.1, -0.05) is 45.9 Å². The van der Waals surface area contributed by atoms with Crippen LogP contribution >= 0.6 is 12.4 Å². The van der Waals surface area contributed by atoms with Crippen LogP contribution < -0.4 is 10.1 Å². The minimum Gasteiger partial charge on any atom is -0.496 e. The molecule has 3 rings (SSSR count). The molecular weight excluding hydrogens is 324 g/mol. The van der Waals surface area contributed by atoms with Crippen molar-refractivity contribution in [3.8, 4) is 5.75 Å². The Hall–Kier alpha value is -1.26. The number of halogens is 1. The Bertz CT molecular complexity index is 601. The van der Waals surface area contributed by atoms with Crippen LogP contribution in [0.25, 0.3) is 0 Å². The molecule has 2 aliphatic rings. The standard InChI is InChI=1S/C19H28N2O2.ClH/c1-18(2)16(19(18,3)4)17(22)21-11-10-20-12-14(21)13-8-6-7-9-15(13)23-5;/h6-9,14,16,20H,10-12H2,1-5H3;1H. The third kappa shape index (κ3) is 2.80. The number of rotatable bonds is 3. The maximum absolute atomic E-state index is 13.2. The monoisotopic (exact) mass is 352 g/mol. The third-order valence-electron chi connectivity index (χ3n) is 6.29. The summed E-state index contributed by atoms with van der Waals surface area (Å²) in [5, 5.41) is 3.42. The highest BCUT2D eigenvalue weighted by atomic mass is 35.5. The number of hydrogen-bond donors (Lipinski definition) is 1. The predicted molar refractivity (Wildman–Crippen MR) is 98.6 cm³/mol. The molecule has 1 amide bonds. The van der Waals surface area contributed by atoms with Gasteiger partial charge in [-0.05, 0) is 16.9 Å². The molecule has 1 aromatic rings. The third-order valence-corrected chi connectivity index (χ3v) is 6.29. The topological polar surface area (TPSA) is 41.6 Å². The smallest absolute Gasteiger partial charge is 0.227 e. The number of nitrogens with zero attached hydrogens (tertiary/aromatic N) is 1. The lowest BCUT2D eigenvalue weighted by Gasteiger charge is -2.37. The first-order valence-corrected chi connectivity index (χ1v) is 8.46. The van der Waals surface area contributed by atoms with Crippen LogP contribution in [0.4, 0.5) is 0 Å². The minimum atomic E-state index is 0. The number of para-hydroxylation sites is 1. The van der Waals surface area contributed by atoms with Gasteiger partial charge in [0, 0.05) is 31.1 Å². The maximum Gasteiger partial charge on any atom is 0.227 e. The Balaban J connectivity index is 0.00000208. The summed E-state index contributed by atoms with van der Waals surface area (Å²) in [6.07, 6.45) is 0. The van der Waals surface area contributed by atoms with Crippen molar-refractivity contribution in [1.82, 2.24) is 10.2 Å². The molecule has 0 aromatic heterocycles. The maximum atomic E-state index is 13.2. The van der Waals surface area contributed by atoms with E-state index in [1.165, 1.54) is 0 Å². The SMILES string of the molecule is COc1ccccc1C1CNCCN1C(=O)C1C(C)(C)C1(C)C.Cl. The Kier molecular flexibility index (Phi) is 5.22. The molecule has 2 fully saturated rings. The molecule has 1 aliphatic carbocycles. The van der Waals surface area contributed by atoms with Crippen LogP contribution in [0.1, 0.15) is 39.3 Å². The summed E-state index contributed by atoms with van der Waals surface area (Å²) in [6.45, 7) is 11.2. The first-order valence-electron chi connectivity index (χ1n) is 8.46. The van der Waals surface area contributed by atoms with Crippen LogP contribution in [0.15, 0.2) is 24.3 Å². The van der Waals surface area contributed by atoms with Gasteiger partial charge in [0.1, 0.15) is 5.75 Å². The Labute approximate surface area is 151 Å². The second-order valence-electron chi connectivity index (χ2n) is 7.87. The van der Waals surface area contributed by atoms with Crippen molar-refractivity contribution in [2.45, 2.75) is 33.7 Å². The molecule has 0 radical (unpaired) electrons. The number of benzene rings is 1. The van der Waals surface area contributed by atoms with Crippen molar-refractivity contribution in [2.75, 3.05) is 26.7 Å². The molecular formula is C19H29ClN2O2. The number of amides is 1. The fraction of sp³-hybridized carbons (Fsp3) is 0.632. The van der Waals surface area contributed by atoms with Crippen LogP contribution in [0.3, 0.4) is 0 Å². The first kappa shape index (κ1) is 19.1.